The molecule has 0 aliphatic heterocycles. The molecule has 0 aliphatic rings. The third-order valence-corrected chi connectivity index (χ3v) is 3.08. The van der Waals surface area contributed by atoms with Crippen molar-refractivity contribution >= 4 is 5.91 Å². The Hall–Kier alpha value is -0.570. The molecule has 3 nitrogen and oxygen atoms in total. The Morgan fingerprint density at radius 2 is 1.35 bits per heavy atom. The third-order valence-electron chi connectivity index (χ3n) is 3.08. The van der Waals surface area contributed by atoms with E-state index >= 15 is 0 Å². The van der Waals surface area contributed by atoms with Gasteiger partial charge in [0.2, 0.25) is 0 Å². The fourth-order valence-electron chi connectivity index (χ4n) is 1.93. The first kappa shape index (κ1) is 16.4. The van der Waals surface area contributed by atoms with E-state index in [4.69, 9.17) is 0 Å². The molecule has 0 radical (unpaired) electrons. The van der Waals surface area contributed by atoms with Crippen molar-refractivity contribution in [2.75, 3.05) is 13.1 Å². The van der Waals surface area contributed by atoms with E-state index in [2.05, 4.69) is 18.0 Å². The number of carbonyl (C=O) groups is 1. The van der Waals surface area contributed by atoms with Crippen LogP contribution in [0.1, 0.15) is 71.1 Å². The van der Waals surface area contributed by atoms with Gasteiger partial charge in [0.15, 0.2) is 6.54 Å². The van der Waals surface area contributed by atoms with Crippen LogP contribution in [-0.2, 0) is 4.79 Å². The van der Waals surface area contributed by atoms with Gasteiger partial charge in [-0.15, -0.1) is 0 Å². The maximum atomic E-state index is 10.9. The fourth-order valence-corrected chi connectivity index (χ4v) is 1.93. The molecule has 0 fully saturated rings. The monoisotopic (exact) mass is 243 g/mol. The highest BCUT2D eigenvalue weighted by atomic mass is 16.1. The molecule has 0 aromatic carbocycles. The minimum atomic E-state index is 0.0703. The average Bonchev–Trinajstić information content (AvgIpc) is 2.35. The average molecular weight is 243 g/mol. The van der Waals surface area contributed by atoms with Gasteiger partial charge in [-0.3, -0.25) is 4.79 Å². The van der Waals surface area contributed by atoms with Crippen molar-refractivity contribution in [3.63, 3.8) is 0 Å². The predicted octanol–water partition coefficient (Wildman–Crippen LogP) is 2.27. The molecule has 0 bridgehead atoms. The molecule has 3 heteroatoms. The molecule has 0 atom stereocenters. The maximum absolute atomic E-state index is 10.9. The highest BCUT2D eigenvalue weighted by molar-refractivity contribution is 5.76. The Balaban J connectivity index is 2.96. The molecule has 0 aliphatic carbocycles. The van der Waals surface area contributed by atoms with E-state index < -0.39 is 0 Å². The zero-order valence-electron chi connectivity index (χ0n) is 11.6. The molecule has 0 unspecified atom stereocenters. The summed E-state index contributed by atoms with van der Waals surface area (Å²) in [7, 11) is 0. The van der Waals surface area contributed by atoms with Crippen molar-refractivity contribution in [3.05, 3.63) is 0 Å². The van der Waals surface area contributed by atoms with Gasteiger partial charge in [0.25, 0.3) is 5.91 Å². The standard InChI is InChI=1S/C14H30N2O/c1-2-3-4-5-6-7-8-9-10-11-12-16-14(17)13-15/h2-13,15H2,1H3,(H,16,17)/p+1. The van der Waals surface area contributed by atoms with Crippen molar-refractivity contribution in [1.82, 2.24) is 5.32 Å². The van der Waals surface area contributed by atoms with Crippen LogP contribution in [0.5, 0.6) is 0 Å². The smallest absolute Gasteiger partial charge is 0.275 e. The summed E-state index contributed by atoms with van der Waals surface area (Å²) in [6.45, 7) is 3.44. The molecule has 102 valence electrons. The van der Waals surface area contributed by atoms with Gasteiger partial charge in [-0.1, -0.05) is 64.7 Å². The number of hydrogen-bond acceptors (Lipinski definition) is 1. The van der Waals surface area contributed by atoms with E-state index in [1.165, 1.54) is 57.8 Å². The molecule has 0 aromatic heterocycles. The van der Waals surface area contributed by atoms with Gasteiger partial charge in [-0.05, 0) is 6.42 Å². The Labute approximate surface area is 107 Å². The summed E-state index contributed by atoms with van der Waals surface area (Å²) in [4.78, 5) is 10.9. The van der Waals surface area contributed by atoms with Crippen LogP contribution in [-0.4, -0.2) is 19.0 Å². The first-order valence-electron chi connectivity index (χ1n) is 7.37. The van der Waals surface area contributed by atoms with Crippen LogP contribution in [0.25, 0.3) is 0 Å². The molecule has 0 saturated heterocycles. The maximum Gasteiger partial charge on any atom is 0.275 e. The van der Waals surface area contributed by atoms with E-state index in [-0.39, 0.29) is 5.91 Å². The van der Waals surface area contributed by atoms with Crippen LogP contribution >= 0.6 is 0 Å². The highest BCUT2D eigenvalue weighted by Gasteiger charge is 1.97. The van der Waals surface area contributed by atoms with Crippen LogP contribution in [0.4, 0.5) is 0 Å². The van der Waals surface area contributed by atoms with E-state index in [1.807, 2.05) is 0 Å². The molecule has 0 aromatic rings. The van der Waals surface area contributed by atoms with Crippen LogP contribution < -0.4 is 11.1 Å². The van der Waals surface area contributed by atoms with Crippen LogP contribution in [0, 0.1) is 0 Å². The number of rotatable bonds is 12. The topological polar surface area (TPSA) is 56.7 Å². The molecule has 17 heavy (non-hydrogen) atoms. The SMILES string of the molecule is CCCCCCCCCCCCNC(=O)C[NH3+]. The lowest BCUT2D eigenvalue weighted by molar-refractivity contribution is -0.355. The van der Waals surface area contributed by atoms with Crippen molar-refractivity contribution < 1.29 is 10.5 Å². The number of unbranched alkanes of at least 4 members (excludes halogenated alkanes) is 9. The summed E-state index contributed by atoms with van der Waals surface area (Å²) < 4.78 is 0. The zero-order chi connectivity index (χ0) is 12.8. The van der Waals surface area contributed by atoms with Gasteiger partial charge in [0.05, 0.1) is 0 Å². The minimum absolute atomic E-state index is 0.0703. The fraction of sp³-hybridized carbons (Fsp3) is 0.929. The summed E-state index contributed by atoms with van der Waals surface area (Å²) in [6.07, 6.45) is 13.4. The number of hydrogen-bond donors (Lipinski definition) is 2. The third kappa shape index (κ3) is 13.4. The lowest BCUT2D eigenvalue weighted by Crippen LogP contribution is -2.57. The van der Waals surface area contributed by atoms with Crippen LogP contribution in [0.3, 0.4) is 0 Å². The van der Waals surface area contributed by atoms with Crippen molar-refractivity contribution in [2.45, 2.75) is 71.1 Å². The molecular weight excluding hydrogens is 212 g/mol. The molecule has 1 amide bonds. The summed E-state index contributed by atoms with van der Waals surface area (Å²) in [6, 6.07) is 0. The van der Waals surface area contributed by atoms with Gasteiger partial charge >= 0.3 is 0 Å². The molecule has 0 rings (SSSR count). The lowest BCUT2D eigenvalue weighted by atomic mass is 10.1. The predicted molar refractivity (Wildman–Crippen MR) is 72.6 cm³/mol. The lowest BCUT2D eigenvalue weighted by Gasteiger charge is -2.03. The van der Waals surface area contributed by atoms with E-state index in [9.17, 15) is 4.79 Å². The molecular formula is C14H31N2O+. The molecule has 0 saturated carbocycles. The van der Waals surface area contributed by atoms with Crippen molar-refractivity contribution in [1.29, 1.82) is 0 Å². The van der Waals surface area contributed by atoms with Crippen molar-refractivity contribution in [3.8, 4) is 0 Å². The second kappa shape index (κ2) is 13.5. The first-order valence-corrected chi connectivity index (χ1v) is 7.37. The second-order valence-electron chi connectivity index (χ2n) is 4.78. The quantitative estimate of drug-likeness (QED) is 0.508. The van der Waals surface area contributed by atoms with Crippen LogP contribution in [0.2, 0.25) is 0 Å². The van der Waals surface area contributed by atoms with Crippen molar-refractivity contribution in [2.24, 2.45) is 0 Å². The number of nitrogens with one attached hydrogen (secondary N) is 1. The van der Waals surface area contributed by atoms with E-state index in [0.29, 0.717) is 6.54 Å². The number of carbonyl (C=O) groups excluding carboxylic acids is 1. The van der Waals surface area contributed by atoms with Gasteiger partial charge in [0, 0.05) is 6.54 Å². The summed E-state index contributed by atoms with van der Waals surface area (Å²) in [5.41, 5.74) is 3.54. The number of quaternary nitrogens is 1. The Morgan fingerprint density at radius 3 is 1.82 bits per heavy atom. The van der Waals surface area contributed by atoms with Gasteiger partial charge < -0.3 is 11.1 Å². The summed E-state index contributed by atoms with van der Waals surface area (Å²) in [5, 5.41) is 2.86. The highest BCUT2D eigenvalue weighted by Crippen LogP contribution is 2.10. The molecule has 0 heterocycles. The summed E-state index contributed by atoms with van der Waals surface area (Å²) >= 11 is 0. The Kier molecular flexibility index (Phi) is 13.0. The zero-order valence-corrected chi connectivity index (χ0v) is 11.6. The normalized spacial score (nSPS) is 10.5. The second-order valence-corrected chi connectivity index (χ2v) is 4.78. The minimum Gasteiger partial charge on any atom is -0.351 e. The molecule has 0 spiro atoms. The molecule has 4 N–H and O–H groups in total. The van der Waals surface area contributed by atoms with Gasteiger partial charge in [-0.25, -0.2) is 0 Å². The first-order chi connectivity index (χ1) is 8.31. The largest absolute Gasteiger partial charge is 0.351 e. The Morgan fingerprint density at radius 1 is 0.882 bits per heavy atom. The summed E-state index contributed by atoms with van der Waals surface area (Å²) in [5.74, 6) is 0.0703. The van der Waals surface area contributed by atoms with Gasteiger partial charge in [0.1, 0.15) is 0 Å². The van der Waals surface area contributed by atoms with Crippen LogP contribution in [0.15, 0.2) is 0 Å². The number of amides is 1. The van der Waals surface area contributed by atoms with E-state index in [1.54, 1.807) is 0 Å². The Bertz CT molecular complexity index is 172. The van der Waals surface area contributed by atoms with Gasteiger partial charge in [-0.2, -0.15) is 0 Å². The van der Waals surface area contributed by atoms with E-state index in [0.717, 1.165) is 13.0 Å².